The highest BCUT2D eigenvalue weighted by atomic mass is 16.5. The maximum absolute atomic E-state index is 11.3. The molecule has 0 aliphatic rings. The van der Waals surface area contributed by atoms with Crippen molar-refractivity contribution in [1.82, 2.24) is 4.98 Å². The van der Waals surface area contributed by atoms with E-state index in [-0.39, 0.29) is 5.97 Å². The highest BCUT2D eigenvalue weighted by Crippen LogP contribution is 2.07. The summed E-state index contributed by atoms with van der Waals surface area (Å²) in [6.45, 7) is 3.72. The molecular formula is C16H18N2O2. The van der Waals surface area contributed by atoms with Gasteiger partial charge in [-0.3, -0.25) is 9.98 Å². The fourth-order valence-electron chi connectivity index (χ4n) is 1.50. The number of rotatable bonds is 5. The fourth-order valence-corrected chi connectivity index (χ4v) is 1.50. The summed E-state index contributed by atoms with van der Waals surface area (Å²) in [5, 5.41) is 0. The van der Waals surface area contributed by atoms with E-state index in [0.717, 1.165) is 11.1 Å². The molecular weight excluding hydrogens is 252 g/mol. The van der Waals surface area contributed by atoms with E-state index in [9.17, 15) is 4.79 Å². The molecule has 0 aliphatic carbocycles. The van der Waals surface area contributed by atoms with Gasteiger partial charge in [-0.1, -0.05) is 18.2 Å². The predicted molar refractivity (Wildman–Crippen MR) is 81.5 cm³/mol. The Labute approximate surface area is 119 Å². The van der Waals surface area contributed by atoms with Gasteiger partial charge in [0.1, 0.15) is 0 Å². The molecule has 1 rings (SSSR count). The first-order valence-corrected chi connectivity index (χ1v) is 6.24. The molecule has 0 amide bonds. The van der Waals surface area contributed by atoms with E-state index in [1.165, 1.54) is 7.11 Å². The van der Waals surface area contributed by atoms with Crippen LogP contribution in [0.5, 0.6) is 0 Å². The Morgan fingerprint density at radius 3 is 2.80 bits per heavy atom. The lowest BCUT2D eigenvalue weighted by atomic mass is 10.1. The molecule has 0 aromatic carbocycles. The smallest absolute Gasteiger partial charge is 0.337 e. The van der Waals surface area contributed by atoms with Crippen molar-refractivity contribution in [2.24, 2.45) is 4.99 Å². The van der Waals surface area contributed by atoms with Gasteiger partial charge in [-0.05, 0) is 31.6 Å². The molecule has 1 heterocycles. The van der Waals surface area contributed by atoms with Crippen molar-refractivity contribution in [3.63, 3.8) is 0 Å². The van der Waals surface area contributed by atoms with Crippen molar-refractivity contribution >= 4 is 18.3 Å². The van der Waals surface area contributed by atoms with Gasteiger partial charge in [0, 0.05) is 30.4 Å². The summed E-state index contributed by atoms with van der Waals surface area (Å²) in [4.78, 5) is 19.6. The topological polar surface area (TPSA) is 51.5 Å². The summed E-state index contributed by atoms with van der Waals surface area (Å²) in [5.41, 5.74) is 2.42. The minimum atomic E-state index is -0.380. The van der Waals surface area contributed by atoms with E-state index >= 15 is 0 Å². The average Bonchev–Trinajstić information content (AvgIpc) is 2.48. The number of carbonyl (C=O) groups excluding carboxylic acids is 1. The zero-order valence-corrected chi connectivity index (χ0v) is 11.9. The molecule has 0 saturated heterocycles. The standard InChI is InChI=1S/C16H18N2O2/c1-4-6-14-8-10-18-12-15(14)11-17-9-7-13(5-2)16(19)20-3/h4-12H,1-3H3. The largest absolute Gasteiger partial charge is 0.465 e. The van der Waals surface area contributed by atoms with Gasteiger partial charge in [0.2, 0.25) is 0 Å². The van der Waals surface area contributed by atoms with Crippen molar-refractivity contribution < 1.29 is 9.53 Å². The number of methoxy groups -OCH3 is 1. The van der Waals surface area contributed by atoms with Crippen LogP contribution in [0.25, 0.3) is 6.08 Å². The van der Waals surface area contributed by atoms with E-state index in [1.54, 1.807) is 43.9 Å². The van der Waals surface area contributed by atoms with Crippen molar-refractivity contribution in [3.05, 3.63) is 59.6 Å². The number of aliphatic imine (C=N–C) groups is 1. The fraction of sp³-hybridized carbons (Fsp3) is 0.188. The lowest BCUT2D eigenvalue weighted by Gasteiger charge is -1.98. The van der Waals surface area contributed by atoms with Crippen molar-refractivity contribution in [3.8, 4) is 0 Å². The van der Waals surface area contributed by atoms with Crippen LogP contribution >= 0.6 is 0 Å². The maximum atomic E-state index is 11.3. The van der Waals surface area contributed by atoms with Crippen molar-refractivity contribution in [2.75, 3.05) is 7.11 Å². The van der Waals surface area contributed by atoms with E-state index in [4.69, 9.17) is 0 Å². The van der Waals surface area contributed by atoms with Crippen molar-refractivity contribution in [2.45, 2.75) is 13.8 Å². The lowest BCUT2D eigenvalue weighted by Crippen LogP contribution is -2.01. The highest BCUT2D eigenvalue weighted by Gasteiger charge is 2.02. The number of hydrogen-bond acceptors (Lipinski definition) is 4. The van der Waals surface area contributed by atoms with E-state index in [2.05, 4.69) is 14.7 Å². The number of pyridine rings is 1. The van der Waals surface area contributed by atoms with Gasteiger partial charge in [-0.15, -0.1) is 0 Å². The van der Waals surface area contributed by atoms with Crippen LogP contribution in [0.1, 0.15) is 25.0 Å². The number of ether oxygens (including phenoxy) is 1. The third kappa shape index (κ3) is 4.65. The molecule has 4 heteroatoms. The number of carbonyl (C=O) groups is 1. The summed E-state index contributed by atoms with van der Waals surface area (Å²) in [6, 6.07) is 1.91. The van der Waals surface area contributed by atoms with Gasteiger partial charge in [-0.25, -0.2) is 4.79 Å². The lowest BCUT2D eigenvalue weighted by molar-refractivity contribution is -0.135. The molecule has 0 radical (unpaired) electrons. The third-order valence-corrected chi connectivity index (χ3v) is 2.52. The molecule has 0 N–H and O–H groups in total. The SMILES string of the molecule is CC=Cc1ccncc1C=NC=CC(=CC)C(=O)OC. The quantitative estimate of drug-likeness (QED) is 0.357. The van der Waals surface area contributed by atoms with Crippen molar-refractivity contribution in [1.29, 1.82) is 0 Å². The van der Waals surface area contributed by atoms with Gasteiger partial charge >= 0.3 is 5.97 Å². The first-order valence-electron chi connectivity index (χ1n) is 6.24. The second kappa shape index (κ2) is 8.58. The Bertz CT molecular complexity index is 570. The Morgan fingerprint density at radius 1 is 1.35 bits per heavy atom. The van der Waals surface area contributed by atoms with Crippen LogP contribution in [-0.4, -0.2) is 24.3 Å². The van der Waals surface area contributed by atoms with Crippen LogP contribution in [0.3, 0.4) is 0 Å². The molecule has 0 saturated carbocycles. The van der Waals surface area contributed by atoms with Crippen LogP contribution in [-0.2, 0) is 9.53 Å². The Kier molecular flexibility index (Phi) is 6.68. The second-order valence-electron chi connectivity index (χ2n) is 3.83. The summed E-state index contributed by atoms with van der Waals surface area (Å²) in [7, 11) is 1.35. The molecule has 0 bridgehead atoms. The normalized spacial score (nSPS) is 12.7. The van der Waals surface area contributed by atoms with Crippen LogP contribution in [0.4, 0.5) is 0 Å². The molecule has 4 nitrogen and oxygen atoms in total. The molecule has 0 aliphatic heterocycles. The minimum Gasteiger partial charge on any atom is -0.465 e. The molecule has 1 aromatic rings. The van der Waals surface area contributed by atoms with Crippen LogP contribution in [0.15, 0.2) is 53.5 Å². The zero-order chi connectivity index (χ0) is 14.8. The number of hydrogen-bond donors (Lipinski definition) is 0. The molecule has 0 unspecified atom stereocenters. The van der Waals surface area contributed by atoms with Gasteiger partial charge in [0.25, 0.3) is 0 Å². The van der Waals surface area contributed by atoms with Gasteiger partial charge < -0.3 is 4.74 Å². The van der Waals surface area contributed by atoms with Crippen LogP contribution < -0.4 is 0 Å². The highest BCUT2D eigenvalue weighted by molar-refractivity contribution is 5.91. The summed E-state index contributed by atoms with van der Waals surface area (Å²) in [6.07, 6.45) is 13.9. The molecule has 1 aromatic heterocycles. The first kappa shape index (κ1) is 15.6. The summed E-state index contributed by atoms with van der Waals surface area (Å²) in [5.74, 6) is -0.380. The Morgan fingerprint density at radius 2 is 2.15 bits per heavy atom. The van der Waals surface area contributed by atoms with Gasteiger partial charge in [0.15, 0.2) is 0 Å². The van der Waals surface area contributed by atoms with E-state index < -0.39 is 0 Å². The third-order valence-electron chi connectivity index (χ3n) is 2.52. The van der Waals surface area contributed by atoms with Crippen LogP contribution in [0.2, 0.25) is 0 Å². The molecule has 0 fully saturated rings. The molecule has 0 spiro atoms. The molecule has 20 heavy (non-hydrogen) atoms. The Balaban J connectivity index is 2.82. The predicted octanol–water partition coefficient (Wildman–Crippen LogP) is 3.17. The van der Waals surface area contributed by atoms with E-state index in [1.807, 2.05) is 25.1 Å². The van der Waals surface area contributed by atoms with Gasteiger partial charge in [-0.2, -0.15) is 0 Å². The first-order chi connectivity index (χ1) is 9.72. The van der Waals surface area contributed by atoms with Gasteiger partial charge in [0.05, 0.1) is 12.7 Å². The number of esters is 1. The molecule has 0 atom stereocenters. The Hall–Kier alpha value is -2.49. The minimum absolute atomic E-state index is 0.380. The average molecular weight is 270 g/mol. The van der Waals surface area contributed by atoms with Crippen LogP contribution in [0, 0.1) is 0 Å². The number of nitrogens with zero attached hydrogens (tertiary/aromatic N) is 2. The van der Waals surface area contributed by atoms with E-state index in [0.29, 0.717) is 5.57 Å². The monoisotopic (exact) mass is 270 g/mol. The zero-order valence-electron chi connectivity index (χ0n) is 11.9. The maximum Gasteiger partial charge on any atom is 0.337 e. The number of aromatic nitrogens is 1. The number of allylic oxidation sites excluding steroid dienone is 2. The summed E-state index contributed by atoms with van der Waals surface area (Å²) >= 11 is 0. The molecule has 104 valence electrons. The second-order valence-corrected chi connectivity index (χ2v) is 3.83. The summed E-state index contributed by atoms with van der Waals surface area (Å²) < 4.78 is 4.64.